The van der Waals surface area contributed by atoms with Crippen LogP contribution in [-0.2, 0) is 0 Å². The average molecular weight is 287 g/mol. The number of para-hydroxylation sites is 2. The van der Waals surface area contributed by atoms with Gasteiger partial charge in [-0.15, -0.1) is 0 Å². The smallest absolute Gasteiger partial charge is 0.263 e. The number of imidazole rings is 1. The zero-order chi connectivity index (χ0) is 15.0. The largest absolute Gasteiger partial charge is 0.324 e. The maximum Gasteiger partial charge on any atom is 0.263 e. The molecular weight excluding hydrogens is 276 g/mol. The standard InChI is InChI=1S/C15H11F2N3O/c1-8-6-7-9(16)12(13(8)17)14(21)20-15-18-10-4-2-3-5-11(10)19-15/h2-7H,1H3,(H2,18,19,20,21). The molecule has 2 aromatic carbocycles. The van der Waals surface area contributed by atoms with E-state index in [0.717, 1.165) is 11.6 Å². The molecule has 0 spiro atoms. The highest BCUT2D eigenvalue weighted by Crippen LogP contribution is 2.19. The number of benzene rings is 2. The van der Waals surface area contributed by atoms with Crippen LogP contribution >= 0.6 is 0 Å². The number of rotatable bonds is 2. The van der Waals surface area contributed by atoms with Crippen molar-refractivity contribution in [3.63, 3.8) is 0 Å². The fraction of sp³-hybridized carbons (Fsp3) is 0.0667. The molecule has 0 unspecified atom stereocenters. The summed E-state index contributed by atoms with van der Waals surface area (Å²) in [4.78, 5) is 19.0. The Labute approximate surface area is 118 Å². The molecule has 0 saturated carbocycles. The number of carbonyl (C=O) groups excluding carboxylic acids is 1. The Hall–Kier alpha value is -2.76. The number of hydrogen-bond donors (Lipinski definition) is 2. The van der Waals surface area contributed by atoms with Crippen LogP contribution in [0.2, 0.25) is 0 Å². The van der Waals surface area contributed by atoms with Crippen LogP contribution in [0, 0.1) is 18.6 Å². The molecule has 0 aliphatic carbocycles. The average Bonchev–Trinajstić information content (AvgIpc) is 2.85. The van der Waals surface area contributed by atoms with Crippen LogP contribution in [0.4, 0.5) is 14.7 Å². The van der Waals surface area contributed by atoms with Crippen LogP contribution in [0.3, 0.4) is 0 Å². The first-order valence-corrected chi connectivity index (χ1v) is 6.27. The van der Waals surface area contributed by atoms with Crippen LogP contribution in [0.15, 0.2) is 36.4 Å². The number of hydrogen-bond acceptors (Lipinski definition) is 2. The Morgan fingerprint density at radius 3 is 2.71 bits per heavy atom. The van der Waals surface area contributed by atoms with E-state index in [1.807, 2.05) is 6.07 Å². The zero-order valence-electron chi connectivity index (χ0n) is 11.1. The number of aryl methyl sites for hydroxylation is 1. The van der Waals surface area contributed by atoms with Gasteiger partial charge in [0.25, 0.3) is 5.91 Å². The number of anilines is 1. The number of nitrogens with zero attached hydrogens (tertiary/aromatic N) is 1. The normalized spacial score (nSPS) is 10.8. The van der Waals surface area contributed by atoms with Gasteiger partial charge in [-0.05, 0) is 30.7 Å². The Balaban J connectivity index is 1.95. The van der Waals surface area contributed by atoms with Crippen LogP contribution < -0.4 is 5.32 Å². The molecule has 0 bridgehead atoms. The van der Waals surface area contributed by atoms with Gasteiger partial charge in [-0.1, -0.05) is 18.2 Å². The summed E-state index contributed by atoms with van der Waals surface area (Å²) in [5.74, 6) is -2.52. The number of aromatic nitrogens is 2. The van der Waals surface area contributed by atoms with Gasteiger partial charge in [0, 0.05) is 0 Å². The Kier molecular flexibility index (Phi) is 3.13. The third kappa shape index (κ3) is 2.35. The predicted octanol–water partition coefficient (Wildman–Crippen LogP) is 3.40. The maximum atomic E-state index is 13.9. The monoisotopic (exact) mass is 287 g/mol. The van der Waals surface area contributed by atoms with Crippen molar-refractivity contribution in [2.75, 3.05) is 5.32 Å². The molecule has 0 radical (unpaired) electrons. The second-order valence-electron chi connectivity index (χ2n) is 4.61. The molecule has 0 fully saturated rings. The minimum atomic E-state index is -0.910. The third-order valence-electron chi connectivity index (χ3n) is 3.13. The molecule has 6 heteroatoms. The molecule has 4 nitrogen and oxygen atoms in total. The number of carbonyl (C=O) groups is 1. The Bertz CT molecular complexity index is 809. The van der Waals surface area contributed by atoms with E-state index in [-0.39, 0.29) is 11.5 Å². The van der Waals surface area contributed by atoms with E-state index in [9.17, 15) is 13.6 Å². The fourth-order valence-electron chi connectivity index (χ4n) is 2.05. The molecule has 106 valence electrons. The highest BCUT2D eigenvalue weighted by molar-refractivity contribution is 6.04. The Morgan fingerprint density at radius 2 is 1.95 bits per heavy atom. The van der Waals surface area contributed by atoms with Crippen LogP contribution in [-0.4, -0.2) is 15.9 Å². The second kappa shape index (κ2) is 4.97. The van der Waals surface area contributed by atoms with Gasteiger partial charge >= 0.3 is 0 Å². The summed E-state index contributed by atoms with van der Waals surface area (Å²) in [5.41, 5.74) is 0.956. The molecule has 1 amide bonds. The summed E-state index contributed by atoms with van der Waals surface area (Å²) in [6.07, 6.45) is 0. The SMILES string of the molecule is Cc1ccc(F)c(C(=O)Nc2nc3ccccc3[nH]2)c1F. The van der Waals surface area contributed by atoms with Crippen molar-refractivity contribution in [2.24, 2.45) is 0 Å². The van der Waals surface area contributed by atoms with E-state index >= 15 is 0 Å². The molecular formula is C15H11F2N3O. The third-order valence-corrected chi connectivity index (χ3v) is 3.13. The number of aromatic amines is 1. The van der Waals surface area contributed by atoms with Gasteiger partial charge in [0.05, 0.1) is 11.0 Å². The summed E-state index contributed by atoms with van der Waals surface area (Å²) in [6, 6.07) is 9.50. The van der Waals surface area contributed by atoms with E-state index in [4.69, 9.17) is 0 Å². The van der Waals surface area contributed by atoms with Crippen molar-refractivity contribution in [2.45, 2.75) is 6.92 Å². The fourth-order valence-corrected chi connectivity index (χ4v) is 2.05. The van der Waals surface area contributed by atoms with Crippen LogP contribution in [0.1, 0.15) is 15.9 Å². The molecule has 1 heterocycles. The summed E-state index contributed by atoms with van der Waals surface area (Å²) in [5, 5.41) is 2.37. The molecule has 0 atom stereocenters. The lowest BCUT2D eigenvalue weighted by molar-refractivity contribution is 0.101. The van der Waals surface area contributed by atoms with Crippen molar-refractivity contribution in [1.29, 1.82) is 0 Å². The van der Waals surface area contributed by atoms with Crippen LogP contribution in [0.5, 0.6) is 0 Å². The molecule has 0 saturated heterocycles. The maximum absolute atomic E-state index is 13.9. The van der Waals surface area contributed by atoms with Gasteiger partial charge in [0.15, 0.2) is 0 Å². The van der Waals surface area contributed by atoms with Gasteiger partial charge in [0.2, 0.25) is 5.95 Å². The number of amides is 1. The van der Waals surface area contributed by atoms with Gasteiger partial charge < -0.3 is 4.98 Å². The van der Waals surface area contributed by atoms with Gasteiger partial charge in [-0.3, -0.25) is 10.1 Å². The summed E-state index contributed by atoms with van der Waals surface area (Å²) >= 11 is 0. The molecule has 0 aliphatic heterocycles. The van der Waals surface area contributed by atoms with Crippen LogP contribution in [0.25, 0.3) is 11.0 Å². The highest BCUT2D eigenvalue weighted by Gasteiger charge is 2.20. The molecule has 1 aromatic heterocycles. The van der Waals surface area contributed by atoms with E-state index in [0.29, 0.717) is 5.52 Å². The quantitative estimate of drug-likeness (QED) is 0.759. The minimum Gasteiger partial charge on any atom is -0.324 e. The van der Waals surface area contributed by atoms with Crippen molar-refractivity contribution in [1.82, 2.24) is 9.97 Å². The minimum absolute atomic E-state index is 0.140. The van der Waals surface area contributed by atoms with Gasteiger partial charge in [-0.25, -0.2) is 13.8 Å². The summed E-state index contributed by atoms with van der Waals surface area (Å²) < 4.78 is 27.5. The van der Waals surface area contributed by atoms with Crippen molar-refractivity contribution in [3.8, 4) is 0 Å². The topological polar surface area (TPSA) is 57.8 Å². The van der Waals surface area contributed by atoms with E-state index < -0.39 is 23.1 Å². The van der Waals surface area contributed by atoms with E-state index in [1.165, 1.54) is 13.0 Å². The first kappa shape index (κ1) is 13.2. The number of nitrogens with one attached hydrogen (secondary N) is 2. The summed E-state index contributed by atoms with van der Waals surface area (Å²) in [7, 11) is 0. The number of H-pyrrole nitrogens is 1. The molecule has 21 heavy (non-hydrogen) atoms. The van der Waals surface area contributed by atoms with Gasteiger partial charge in [0.1, 0.15) is 17.2 Å². The molecule has 3 aromatic rings. The Morgan fingerprint density at radius 1 is 1.19 bits per heavy atom. The molecule has 3 rings (SSSR count). The van der Waals surface area contributed by atoms with Crippen molar-refractivity contribution >= 4 is 22.9 Å². The lowest BCUT2D eigenvalue weighted by atomic mass is 10.1. The van der Waals surface area contributed by atoms with Gasteiger partial charge in [-0.2, -0.15) is 0 Å². The van der Waals surface area contributed by atoms with Crippen molar-refractivity contribution < 1.29 is 13.6 Å². The highest BCUT2D eigenvalue weighted by atomic mass is 19.1. The first-order valence-electron chi connectivity index (χ1n) is 6.27. The van der Waals surface area contributed by atoms with Crippen molar-refractivity contribution in [3.05, 3.63) is 59.2 Å². The predicted molar refractivity (Wildman–Crippen MR) is 75.1 cm³/mol. The van der Waals surface area contributed by atoms with E-state index in [2.05, 4.69) is 15.3 Å². The molecule has 0 aliphatic rings. The number of halogens is 2. The second-order valence-corrected chi connectivity index (χ2v) is 4.61. The lowest BCUT2D eigenvalue weighted by Crippen LogP contribution is -2.17. The van der Waals surface area contributed by atoms with E-state index in [1.54, 1.807) is 18.2 Å². The molecule has 2 N–H and O–H groups in total. The lowest BCUT2D eigenvalue weighted by Gasteiger charge is -2.06. The number of fused-ring (bicyclic) bond motifs is 1. The zero-order valence-corrected chi connectivity index (χ0v) is 11.1. The first-order chi connectivity index (χ1) is 10.1. The summed E-state index contributed by atoms with van der Waals surface area (Å²) in [6.45, 7) is 1.47.